The molecule has 0 saturated heterocycles. The van der Waals surface area contributed by atoms with Gasteiger partial charge in [0.2, 0.25) is 0 Å². The van der Waals surface area contributed by atoms with E-state index in [0.29, 0.717) is 5.56 Å². The summed E-state index contributed by atoms with van der Waals surface area (Å²) in [6.45, 7) is 1.37. The molecule has 2 rings (SSSR count). The average Bonchev–Trinajstić information content (AvgIpc) is 2.53. The van der Waals surface area contributed by atoms with E-state index in [-0.39, 0.29) is 22.0 Å². The molecule has 2 aromatic carbocycles. The second-order valence-corrected chi connectivity index (χ2v) is 6.37. The van der Waals surface area contributed by atoms with Gasteiger partial charge in [-0.15, -0.1) is 4.83 Å². The summed E-state index contributed by atoms with van der Waals surface area (Å²) < 4.78 is 24.1. The number of amides is 1. The topological polar surface area (TPSA) is 113 Å². The van der Waals surface area contributed by atoms with E-state index in [1.54, 1.807) is 0 Å². The maximum absolute atomic E-state index is 12.1. The Bertz CT molecular complexity index is 827. The highest BCUT2D eigenvalue weighted by Gasteiger charge is 2.16. The SMILES string of the molecule is CC(=O)c1ccc(S(=O)(=O)NNC(=O)c2ccc(O)cc2)cc1. The van der Waals surface area contributed by atoms with E-state index in [9.17, 15) is 18.0 Å². The molecule has 0 atom stereocenters. The number of sulfonamides is 1. The molecule has 0 aliphatic carbocycles. The lowest BCUT2D eigenvalue weighted by atomic mass is 10.2. The number of phenolic OH excluding ortho intramolecular Hbond substituents is 1. The molecule has 2 aromatic rings. The summed E-state index contributed by atoms with van der Waals surface area (Å²) in [4.78, 5) is 24.8. The van der Waals surface area contributed by atoms with Gasteiger partial charge in [0.05, 0.1) is 4.90 Å². The van der Waals surface area contributed by atoms with Crippen LogP contribution in [0.2, 0.25) is 0 Å². The van der Waals surface area contributed by atoms with Gasteiger partial charge in [-0.05, 0) is 43.3 Å². The molecule has 0 fully saturated rings. The zero-order valence-corrected chi connectivity index (χ0v) is 12.9. The van der Waals surface area contributed by atoms with Gasteiger partial charge in [0.15, 0.2) is 5.78 Å². The van der Waals surface area contributed by atoms with Crippen LogP contribution in [0.3, 0.4) is 0 Å². The first-order chi connectivity index (χ1) is 10.8. The van der Waals surface area contributed by atoms with Gasteiger partial charge in [0.25, 0.3) is 15.9 Å². The Balaban J connectivity index is 2.07. The zero-order valence-electron chi connectivity index (χ0n) is 12.1. The monoisotopic (exact) mass is 334 g/mol. The van der Waals surface area contributed by atoms with Gasteiger partial charge in [-0.2, -0.15) is 0 Å². The van der Waals surface area contributed by atoms with Crippen LogP contribution in [0.5, 0.6) is 5.75 Å². The van der Waals surface area contributed by atoms with E-state index in [1.165, 1.54) is 55.5 Å². The van der Waals surface area contributed by atoms with Crippen LogP contribution in [0.1, 0.15) is 27.6 Å². The van der Waals surface area contributed by atoms with E-state index in [4.69, 9.17) is 5.11 Å². The van der Waals surface area contributed by atoms with Crippen molar-refractivity contribution in [3.8, 4) is 5.75 Å². The molecule has 0 unspecified atom stereocenters. The van der Waals surface area contributed by atoms with Crippen LogP contribution >= 0.6 is 0 Å². The van der Waals surface area contributed by atoms with Crippen LogP contribution in [0.25, 0.3) is 0 Å². The Morgan fingerprint density at radius 3 is 1.96 bits per heavy atom. The summed E-state index contributed by atoms with van der Waals surface area (Å²) in [5.74, 6) is -0.857. The number of rotatable bonds is 5. The number of Topliss-reactive ketones (excluding diaryl/α,β-unsaturated/α-hetero) is 1. The van der Waals surface area contributed by atoms with Gasteiger partial charge in [-0.3, -0.25) is 15.0 Å². The molecule has 0 spiro atoms. The lowest BCUT2D eigenvalue weighted by molar-refractivity contribution is 0.0944. The predicted octanol–water partition coefficient (Wildman–Crippen LogP) is 1.22. The van der Waals surface area contributed by atoms with Crippen molar-refractivity contribution >= 4 is 21.7 Å². The van der Waals surface area contributed by atoms with Crippen molar-refractivity contribution in [2.45, 2.75) is 11.8 Å². The van der Waals surface area contributed by atoms with Crippen LogP contribution in [0, 0.1) is 0 Å². The summed E-state index contributed by atoms with van der Waals surface area (Å²) in [7, 11) is -3.96. The molecule has 0 aliphatic rings. The minimum absolute atomic E-state index is 0.00677. The van der Waals surface area contributed by atoms with Crippen molar-refractivity contribution in [2.75, 3.05) is 0 Å². The standard InChI is InChI=1S/C15H14N2O5S/c1-10(18)11-4-8-14(9-5-11)23(21,22)17-16-15(20)12-2-6-13(19)7-3-12/h2-9,17,19H,1H3,(H,16,20). The molecule has 120 valence electrons. The molecule has 3 N–H and O–H groups in total. The highest BCUT2D eigenvalue weighted by Crippen LogP contribution is 2.11. The first-order valence-electron chi connectivity index (χ1n) is 6.52. The quantitative estimate of drug-likeness (QED) is 0.562. The van der Waals surface area contributed by atoms with Crippen LogP contribution in [-0.2, 0) is 10.0 Å². The van der Waals surface area contributed by atoms with Gasteiger partial charge in [0, 0.05) is 11.1 Å². The van der Waals surface area contributed by atoms with Gasteiger partial charge in [0.1, 0.15) is 5.75 Å². The average molecular weight is 334 g/mol. The fourth-order valence-electron chi connectivity index (χ4n) is 1.73. The van der Waals surface area contributed by atoms with Gasteiger partial charge < -0.3 is 5.11 Å². The third-order valence-electron chi connectivity index (χ3n) is 3.00. The molecule has 1 amide bonds. The fraction of sp³-hybridized carbons (Fsp3) is 0.0667. The number of carbonyl (C=O) groups is 2. The summed E-state index contributed by atoms with van der Waals surface area (Å²) in [6.07, 6.45) is 0. The molecule has 0 radical (unpaired) electrons. The lowest BCUT2D eigenvalue weighted by Gasteiger charge is -2.09. The molecular formula is C15H14N2O5S. The number of ketones is 1. The maximum Gasteiger partial charge on any atom is 0.266 e. The van der Waals surface area contributed by atoms with Crippen LogP contribution < -0.4 is 10.3 Å². The van der Waals surface area contributed by atoms with E-state index in [0.717, 1.165) is 0 Å². The van der Waals surface area contributed by atoms with E-state index >= 15 is 0 Å². The third kappa shape index (κ3) is 4.15. The van der Waals surface area contributed by atoms with E-state index in [2.05, 4.69) is 5.43 Å². The molecule has 0 heterocycles. The number of benzene rings is 2. The Morgan fingerprint density at radius 1 is 0.913 bits per heavy atom. The van der Waals surface area contributed by atoms with Crippen molar-refractivity contribution in [2.24, 2.45) is 0 Å². The lowest BCUT2D eigenvalue weighted by Crippen LogP contribution is -2.41. The Hall–Kier alpha value is -2.71. The highest BCUT2D eigenvalue weighted by molar-refractivity contribution is 7.89. The molecular weight excluding hydrogens is 320 g/mol. The summed E-state index contributed by atoms with van der Waals surface area (Å²) >= 11 is 0. The largest absolute Gasteiger partial charge is 0.508 e. The smallest absolute Gasteiger partial charge is 0.266 e. The molecule has 8 heteroatoms. The third-order valence-corrected chi connectivity index (χ3v) is 4.26. The van der Waals surface area contributed by atoms with Gasteiger partial charge >= 0.3 is 0 Å². The number of carbonyl (C=O) groups excluding carboxylic acids is 2. The molecule has 0 aromatic heterocycles. The number of hydrogen-bond acceptors (Lipinski definition) is 5. The predicted molar refractivity (Wildman–Crippen MR) is 82.3 cm³/mol. The van der Waals surface area contributed by atoms with E-state index < -0.39 is 15.9 Å². The Labute approximate surface area is 133 Å². The van der Waals surface area contributed by atoms with Crippen molar-refractivity contribution in [3.05, 3.63) is 59.7 Å². The number of nitrogens with one attached hydrogen (secondary N) is 2. The molecule has 23 heavy (non-hydrogen) atoms. The zero-order chi connectivity index (χ0) is 17.0. The number of hydrogen-bond donors (Lipinski definition) is 3. The maximum atomic E-state index is 12.1. The van der Waals surface area contributed by atoms with Crippen molar-refractivity contribution in [3.63, 3.8) is 0 Å². The van der Waals surface area contributed by atoms with Crippen molar-refractivity contribution in [1.82, 2.24) is 10.3 Å². The van der Waals surface area contributed by atoms with Crippen molar-refractivity contribution < 1.29 is 23.1 Å². The van der Waals surface area contributed by atoms with Crippen LogP contribution in [0.15, 0.2) is 53.4 Å². The number of aromatic hydroxyl groups is 1. The molecule has 7 nitrogen and oxygen atoms in total. The highest BCUT2D eigenvalue weighted by atomic mass is 32.2. The molecule has 0 saturated carbocycles. The minimum atomic E-state index is -3.96. The van der Waals surface area contributed by atoms with Gasteiger partial charge in [-0.25, -0.2) is 8.42 Å². The molecule has 0 bridgehead atoms. The first-order valence-corrected chi connectivity index (χ1v) is 8.00. The summed E-state index contributed by atoms with van der Waals surface area (Å²) in [5, 5.41) is 9.14. The number of phenols is 1. The molecule has 0 aliphatic heterocycles. The summed E-state index contributed by atoms with van der Waals surface area (Å²) in [5.41, 5.74) is 2.63. The number of hydrazine groups is 1. The Morgan fingerprint density at radius 2 is 1.43 bits per heavy atom. The first kappa shape index (κ1) is 16.7. The van der Waals surface area contributed by atoms with Crippen LogP contribution in [-0.4, -0.2) is 25.2 Å². The van der Waals surface area contributed by atoms with E-state index in [1.807, 2.05) is 4.83 Å². The summed E-state index contributed by atoms with van der Waals surface area (Å²) in [6, 6.07) is 10.6. The fourth-order valence-corrected chi connectivity index (χ4v) is 2.57. The Kier molecular flexibility index (Phi) is 4.77. The van der Waals surface area contributed by atoms with Crippen molar-refractivity contribution in [1.29, 1.82) is 0 Å². The van der Waals surface area contributed by atoms with Gasteiger partial charge in [-0.1, -0.05) is 12.1 Å². The van der Waals surface area contributed by atoms with Crippen LogP contribution in [0.4, 0.5) is 0 Å². The second-order valence-electron chi connectivity index (χ2n) is 4.69. The minimum Gasteiger partial charge on any atom is -0.508 e. The second kappa shape index (κ2) is 6.59. The normalized spacial score (nSPS) is 11.0.